The van der Waals surface area contributed by atoms with Crippen molar-refractivity contribution < 1.29 is 14.3 Å². The summed E-state index contributed by atoms with van der Waals surface area (Å²) in [6.07, 6.45) is 1.63. The Balaban J connectivity index is 1.65. The van der Waals surface area contributed by atoms with Gasteiger partial charge in [0.1, 0.15) is 11.5 Å². The van der Waals surface area contributed by atoms with Crippen molar-refractivity contribution in [3.05, 3.63) is 77.6 Å². The molecule has 2 aromatic carbocycles. The molecule has 190 valence electrons. The number of amides is 2. The number of hydrogen-bond acceptors (Lipinski definition) is 6. The van der Waals surface area contributed by atoms with Gasteiger partial charge in [-0.15, -0.1) is 0 Å². The molecule has 8 nitrogen and oxygen atoms in total. The van der Waals surface area contributed by atoms with Crippen molar-refractivity contribution in [1.82, 2.24) is 15.3 Å². The van der Waals surface area contributed by atoms with Crippen molar-refractivity contribution in [2.45, 2.75) is 27.7 Å². The van der Waals surface area contributed by atoms with Crippen LogP contribution in [0.2, 0.25) is 0 Å². The third kappa shape index (κ3) is 5.86. The van der Waals surface area contributed by atoms with Gasteiger partial charge in [0, 0.05) is 41.0 Å². The van der Waals surface area contributed by atoms with E-state index in [2.05, 4.69) is 41.4 Å². The minimum absolute atomic E-state index is 0.0176. The molecule has 0 saturated heterocycles. The molecule has 4 N–H and O–H groups in total. The molecule has 37 heavy (non-hydrogen) atoms. The number of aromatic nitrogens is 2. The highest BCUT2D eigenvalue weighted by atomic mass is 16.5. The number of pyridine rings is 2. The Bertz CT molecular complexity index is 1490. The van der Waals surface area contributed by atoms with Gasteiger partial charge >= 0.3 is 0 Å². The van der Waals surface area contributed by atoms with E-state index in [1.165, 1.54) is 7.11 Å². The zero-order chi connectivity index (χ0) is 26.7. The zero-order valence-corrected chi connectivity index (χ0v) is 21.7. The average molecular weight is 498 g/mol. The van der Waals surface area contributed by atoms with Crippen molar-refractivity contribution in [1.29, 1.82) is 0 Å². The van der Waals surface area contributed by atoms with E-state index in [0.717, 1.165) is 21.9 Å². The summed E-state index contributed by atoms with van der Waals surface area (Å²) in [6.45, 7) is 8.67. The van der Waals surface area contributed by atoms with Crippen LogP contribution in [0, 0.1) is 12.3 Å². The number of hydrogen-bond donors (Lipinski definition) is 3. The minimum atomic E-state index is -0.387. The van der Waals surface area contributed by atoms with Crippen molar-refractivity contribution >= 4 is 34.1 Å². The fourth-order valence-electron chi connectivity index (χ4n) is 3.97. The Morgan fingerprint density at radius 3 is 2.43 bits per heavy atom. The molecule has 2 heterocycles. The van der Waals surface area contributed by atoms with Crippen LogP contribution in [0.4, 0.5) is 11.5 Å². The lowest BCUT2D eigenvalue weighted by Gasteiger charge is -2.19. The van der Waals surface area contributed by atoms with E-state index in [9.17, 15) is 9.59 Å². The maximum Gasteiger partial charge on any atom is 0.275 e. The van der Waals surface area contributed by atoms with Gasteiger partial charge < -0.3 is 21.1 Å². The molecule has 0 unspecified atom stereocenters. The Morgan fingerprint density at radius 1 is 0.973 bits per heavy atom. The molecule has 8 heteroatoms. The number of carbonyl (C=O) groups excluding carboxylic acids is 2. The zero-order valence-electron chi connectivity index (χ0n) is 21.7. The summed E-state index contributed by atoms with van der Waals surface area (Å²) in [5.41, 5.74) is 9.57. The van der Waals surface area contributed by atoms with Crippen LogP contribution in [0.1, 0.15) is 47.2 Å². The minimum Gasteiger partial charge on any atom is -0.481 e. The molecule has 0 bridgehead atoms. The number of methoxy groups -OCH3 is 1. The molecular weight excluding hydrogens is 466 g/mol. The molecule has 0 aliphatic rings. The molecule has 0 aliphatic carbocycles. The fourth-order valence-corrected chi connectivity index (χ4v) is 3.97. The number of fused-ring (bicyclic) bond motifs is 1. The highest BCUT2D eigenvalue weighted by molar-refractivity contribution is 6.08. The first-order valence-electron chi connectivity index (χ1n) is 12.0. The molecule has 2 amide bonds. The summed E-state index contributed by atoms with van der Waals surface area (Å²) in [5, 5.41) is 7.57. The highest BCUT2D eigenvalue weighted by Gasteiger charge is 2.20. The monoisotopic (exact) mass is 497 g/mol. The summed E-state index contributed by atoms with van der Waals surface area (Å²) in [5.74, 6) is 0.226. The van der Waals surface area contributed by atoms with Crippen LogP contribution in [-0.2, 0) is 0 Å². The Labute approximate surface area is 216 Å². The summed E-state index contributed by atoms with van der Waals surface area (Å²) in [7, 11) is 1.50. The van der Waals surface area contributed by atoms with Crippen molar-refractivity contribution in [2.24, 2.45) is 5.41 Å². The third-order valence-electron chi connectivity index (χ3n) is 5.91. The number of nitrogens with zero attached hydrogens (tertiary/aromatic N) is 2. The van der Waals surface area contributed by atoms with Crippen LogP contribution in [0.5, 0.6) is 5.88 Å². The number of nitrogens with two attached hydrogens (primary N) is 1. The van der Waals surface area contributed by atoms with E-state index < -0.39 is 0 Å². The number of carbonyl (C=O) groups is 2. The molecule has 0 radical (unpaired) electrons. The average Bonchev–Trinajstić information content (AvgIpc) is 2.86. The predicted octanol–water partition coefficient (Wildman–Crippen LogP) is 5.22. The molecular formula is C29H31N5O3. The van der Waals surface area contributed by atoms with Gasteiger partial charge in [0.25, 0.3) is 11.8 Å². The van der Waals surface area contributed by atoms with E-state index in [4.69, 9.17) is 10.5 Å². The molecule has 0 fully saturated rings. The van der Waals surface area contributed by atoms with Gasteiger partial charge in [0.2, 0.25) is 5.88 Å². The number of nitrogen functional groups attached to an aromatic ring is 1. The Hall–Kier alpha value is -4.46. The molecule has 0 atom stereocenters. The number of rotatable bonds is 6. The van der Waals surface area contributed by atoms with Crippen LogP contribution < -0.4 is 21.1 Å². The number of ether oxygens (including phenoxy) is 1. The van der Waals surface area contributed by atoms with Crippen LogP contribution >= 0.6 is 0 Å². The molecule has 0 spiro atoms. The van der Waals surface area contributed by atoms with Crippen LogP contribution in [0.3, 0.4) is 0 Å². The van der Waals surface area contributed by atoms with E-state index in [-0.39, 0.29) is 22.9 Å². The van der Waals surface area contributed by atoms with Crippen LogP contribution in [0.25, 0.3) is 21.9 Å². The van der Waals surface area contributed by atoms with Crippen molar-refractivity contribution in [3.8, 4) is 17.0 Å². The van der Waals surface area contributed by atoms with E-state index >= 15 is 0 Å². The van der Waals surface area contributed by atoms with Crippen LogP contribution in [0.15, 0.2) is 60.8 Å². The summed E-state index contributed by atoms with van der Waals surface area (Å²) in [4.78, 5) is 34.6. The topological polar surface area (TPSA) is 119 Å². The molecule has 2 aromatic heterocycles. The quantitative estimate of drug-likeness (QED) is 0.336. The summed E-state index contributed by atoms with van der Waals surface area (Å²) in [6, 6.07) is 16.2. The highest BCUT2D eigenvalue weighted by Crippen LogP contribution is 2.30. The molecule has 4 aromatic rings. The summed E-state index contributed by atoms with van der Waals surface area (Å²) >= 11 is 0. The fraction of sp³-hybridized carbons (Fsp3) is 0.241. The van der Waals surface area contributed by atoms with E-state index in [1.807, 2.05) is 37.3 Å². The van der Waals surface area contributed by atoms with Gasteiger partial charge in [-0.25, -0.2) is 9.97 Å². The number of anilines is 2. The second-order valence-electron chi connectivity index (χ2n) is 10.1. The van der Waals surface area contributed by atoms with Gasteiger partial charge in [0.15, 0.2) is 0 Å². The maximum absolute atomic E-state index is 13.4. The number of nitrogens with one attached hydrogen (secondary N) is 2. The Morgan fingerprint density at radius 2 is 1.73 bits per heavy atom. The largest absolute Gasteiger partial charge is 0.481 e. The standard InChI is InChI=1S/C29H31N5O3/c1-17-14-19(27(35)32-16-29(2,3)4)6-8-21(17)23-10-11-24(37-5)34-25(23)28(36)33-20-7-9-22-18(15-20)12-13-31-26(22)30/h6-15H,16H2,1-5H3,(H2,30,31)(H,32,35)(H,33,36). The van der Waals surface area contributed by atoms with E-state index in [0.29, 0.717) is 35.1 Å². The first kappa shape index (κ1) is 25.6. The van der Waals surface area contributed by atoms with Gasteiger partial charge in [-0.3, -0.25) is 9.59 Å². The van der Waals surface area contributed by atoms with Gasteiger partial charge in [0.05, 0.1) is 7.11 Å². The second kappa shape index (κ2) is 10.3. The molecule has 4 rings (SSSR count). The first-order chi connectivity index (χ1) is 17.6. The lowest BCUT2D eigenvalue weighted by Crippen LogP contribution is -2.32. The van der Waals surface area contributed by atoms with Gasteiger partial charge in [-0.05, 0) is 71.3 Å². The third-order valence-corrected chi connectivity index (χ3v) is 5.91. The summed E-state index contributed by atoms with van der Waals surface area (Å²) < 4.78 is 5.29. The number of benzene rings is 2. The Kier molecular flexibility index (Phi) is 7.11. The van der Waals surface area contributed by atoms with E-state index in [1.54, 1.807) is 30.5 Å². The maximum atomic E-state index is 13.4. The second-order valence-corrected chi connectivity index (χ2v) is 10.1. The molecule has 0 saturated carbocycles. The van der Waals surface area contributed by atoms with Crippen molar-refractivity contribution in [3.63, 3.8) is 0 Å². The van der Waals surface area contributed by atoms with Crippen LogP contribution in [-0.4, -0.2) is 35.4 Å². The number of aryl methyl sites for hydroxylation is 1. The SMILES string of the molecule is COc1ccc(-c2ccc(C(=O)NCC(C)(C)C)cc2C)c(C(=O)Nc2ccc3c(N)nccc3c2)n1. The van der Waals surface area contributed by atoms with Gasteiger partial charge in [-0.1, -0.05) is 26.8 Å². The van der Waals surface area contributed by atoms with Gasteiger partial charge in [-0.2, -0.15) is 0 Å². The lowest BCUT2D eigenvalue weighted by molar-refractivity contribution is 0.0938. The smallest absolute Gasteiger partial charge is 0.275 e. The predicted molar refractivity (Wildman–Crippen MR) is 147 cm³/mol. The van der Waals surface area contributed by atoms with Crippen molar-refractivity contribution in [2.75, 3.05) is 24.7 Å². The normalized spacial score (nSPS) is 11.3. The lowest BCUT2D eigenvalue weighted by atomic mass is 9.95. The molecule has 0 aliphatic heterocycles. The first-order valence-corrected chi connectivity index (χ1v) is 12.0.